The molecule has 0 aromatic heterocycles. The van der Waals surface area contributed by atoms with Gasteiger partial charge in [-0.2, -0.15) is 0 Å². The van der Waals surface area contributed by atoms with Gasteiger partial charge in [-0.15, -0.1) is 0 Å². The Kier molecular flexibility index (Phi) is 3.85. The molecule has 1 aliphatic rings. The van der Waals surface area contributed by atoms with Crippen LogP contribution in [0.5, 0.6) is 0 Å². The van der Waals surface area contributed by atoms with Gasteiger partial charge >= 0.3 is 0 Å². The molecule has 5 nitrogen and oxygen atoms in total. The van der Waals surface area contributed by atoms with Gasteiger partial charge in [0.15, 0.2) is 9.84 Å². The lowest BCUT2D eigenvalue weighted by molar-refractivity contribution is 0.0987. The predicted molar refractivity (Wildman–Crippen MR) is 90.9 cm³/mol. The molecule has 0 spiro atoms. The van der Waals surface area contributed by atoms with Crippen LogP contribution in [-0.2, 0) is 9.84 Å². The van der Waals surface area contributed by atoms with Crippen LogP contribution in [-0.4, -0.2) is 40.7 Å². The van der Waals surface area contributed by atoms with Gasteiger partial charge in [0.05, 0.1) is 16.3 Å². The summed E-state index contributed by atoms with van der Waals surface area (Å²) in [5.41, 5.74) is 1.93. The monoisotopic (exact) mass is 330 g/mol. The van der Waals surface area contributed by atoms with Crippen molar-refractivity contribution < 1.29 is 13.2 Å². The Balaban J connectivity index is 2.03. The number of hydrogen-bond acceptors (Lipinski definition) is 4. The van der Waals surface area contributed by atoms with Gasteiger partial charge in [0.1, 0.15) is 0 Å². The second kappa shape index (κ2) is 5.70. The maximum atomic E-state index is 12.9. The Labute approximate surface area is 136 Å². The first-order valence-corrected chi connectivity index (χ1v) is 8.96. The van der Waals surface area contributed by atoms with E-state index in [4.69, 9.17) is 0 Å². The fourth-order valence-electron chi connectivity index (χ4n) is 2.67. The summed E-state index contributed by atoms with van der Waals surface area (Å²) in [5.74, 6) is -0.237. The van der Waals surface area contributed by atoms with E-state index in [1.165, 1.54) is 0 Å². The number of carbonyl (C=O) groups is 1. The second-order valence-electron chi connectivity index (χ2n) is 5.69. The second-order valence-corrected chi connectivity index (χ2v) is 7.77. The smallest absolute Gasteiger partial charge is 0.258 e. The van der Waals surface area contributed by atoms with Crippen LogP contribution in [0.1, 0.15) is 10.4 Å². The Morgan fingerprint density at radius 1 is 1.09 bits per heavy atom. The number of rotatable bonds is 2. The molecule has 3 rings (SSSR count). The van der Waals surface area contributed by atoms with Gasteiger partial charge in [-0.3, -0.25) is 4.79 Å². The van der Waals surface area contributed by atoms with E-state index in [0.717, 1.165) is 5.69 Å². The lowest BCUT2D eigenvalue weighted by Crippen LogP contribution is -2.39. The summed E-state index contributed by atoms with van der Waals surface area (Å²) >= 11 is 0. The highest BCUT2D eigenvalue weighted by atomic mass is 32.2. The quantitative estimate of drug-likeness (QED) is 0.847. The first kappa shape index (κ1) is 15.6. The molecule has 0 bridgehead atoms. The van der Waals surface area contributed by atoms with Crippen molar-refractivity contribution in [2.24, 2.45) is 0 Å². The van der Waals surface area contributed by atoms with E-state index in [-0.39, 0.29) is 23.1 Å². The molecular weight excluding hydrogens is 312 g/mol. The molecule has 1 amide bonds. The molecular formula is C17H18N2O3S. The molecule has 0 radical (unpaired) electrons. The molecule has 0 saturated heterocycles. The number of hydrogen-bond donors (Lipinski definition) is 0. The fraction of sp³-hybridized carbons (Fsp3) is 0.235. The van der Waals surface area contributed by atoms with Crippen LogP contribution in [0.25, 0.3) is 0 Å². The van der Waals surface area contributed by atoms with Crippen molar-refractivity contribution >= 4 is 27.1 Å². The Bertz CT molecular complexity index is 860. The third-order valence-corrected chi connectivity index (χ3v) is 5.66. The molecule has 1 aliphatic heterocycles. The van der Waals surface area contributed by atoms with Gasteiger partial charge in [0.25, 0.3) is 5.91 Å². The summed E-state index contributed by atoms with van der Waals surface area (Å²) < 4.78 is 24.4. The number of nitrogens with zero attached hydrogens (tertiary/aromatic N) is 2. The van der Waals surface area contributed by atoms with Gasteiger partial charge in [-0.05, 0) is 30.3 Å². The summed E-state index contributed by atoms with van der Waals surface area (Å²) in [5, 5.41) is 0. The minimum Gasteiger partial charge on any atom is -0.378 e. The maximum Gasteiger partial charge on any atom is 0.258 e. The lowest BCUT2D eigenvalue weighted by Gasteiger charge is -2.29. The van der Waals surface area contributed by atoms with Crippen LogP contribution in [0.4, 0.5) is 11.4 Å². The van der Waals surface area contributed by atoms with Crippen LogP contribution >= 0.6 is 0 Å². The van der Waals surface area contributed by atoms with Crippen molar-refractivity contribution in [3.63, 3.8) is 0 Å². The highest BCUT2D eigenvalue weighted by Gasteiger charge is 2.31. The van der Waals surface area contributed by atoms with Crippen LogP contribution in [0, 0.1) is 0 Å². The first-order valence-electron chi connectivity index (χ1n) is 7.31. The molecule has 0 fully saturated rings. The van der Waals surface area contributed by atoms with Crippen molar-refractivity contribution in [1.29, 1.82) is 0 Å². The van der Waals surface area contributed by atoms with Crippen molar-refractivity contribution in [2.45, 2.75) is 4.90 Å². The van der Waals surface area contributed by atoms with Gasteiger partial charge in [0, 0.05) is 31.9 Å². The van der Waals surface area contributed by atoms with E-state index in [1.54, 1.807) is 35.2 Å². The standard InChI is InChI=1S/C17H18N2O3S/c1-18(2)14-7-5-6-13(12-14)17(20)19-10-11-23(21,22)16-9-4-3-8-15(16)19/h3-9,12H,10-11H2,1-2H3. The molecule has 0 aliphatic carbocycles. The van der Waals surface area contributed by atoms with Crippen molar-refractivity contribution in [1.82, 2.24) is 0 Å². The molecule has 0 unspecified atom stereocenters. The van der Waals surface area contributed by atoms with Crippen LogP contribution < -0.4 is 9.80 Å². The summed E-state index contributed by atoms with van der Waals surface area (Å²) in [4.78, 5) is 16.6. The molecule has 1 heterocycles. The highest BCUT2D eigenvalue weighted by molar-refractivity contribution is 7.91. The van der Waals surface area contributed by atoms with E-state index < -0.39 is 9.84 Å². The number of anilines is 2. The largest absolute Gasteiger partial charge is 0.378 e. The van der Waals surface area contributed by atoms with Gasteiger partial charge in [-0.25, -0.2) is 8.42 Å². The normalized spacial score (nSPS) is 15.8. The van der Waals surface area contributed by atoms with E-state index >= 15 is 0 Å². The average Bonchev–Trinajstić information content (AvgIpc) is 2.55. The first-order chi connectivity index (χ1) is 10.9. The third kappa shape index (κ3) is 2.82. The van der Waals surface area contributed by atoms with Crippen molar-refractivity contribution in [3.8, 4) is 0 Å². The lowest BCUT2D eigenvalue weighted by atomic mass is 10.1. The maximum absolute atomic E-state index is 12.9. The van der Waals surface area contributed by atoms with Crippen LogP contribution in [0.2, 0.25) is 0 Å². The topological polar surface area (TPSA) is 57.7 Å². The summed E-state index contributed by atoms with van der Waals surface area (Å²) in [7, 11) is 0.504. The molecule has 120 valence electrons. The zero-order valence-electron chi connectivity index (χ0n) is 13.1. The van der Waals surface area contributed by atoms with Crippen molar-refractivity contribution in [2.75, 3.05) is 36.2 Å². The van der Waals surface area contributed by atoms with Gasteiger partial charge in [-0.1, -0.05) is 18.2 Å². The number of sulfone groups is 1. The number of fused-ring (bicyclic) bond motifs is 1. The number of amides is 1. The molecule has 23 heavy (non-hydrogen) atoms. The predicted octanol–water partition coefficient (Wildman–Crippen LogP) is 2.19. The van der Waals surface area contributed by atoms with Crippen LogP contribution in [0.15, 0.2) is 53.4 Å². The molecule has 2 aromatic carbocycles. The Hall–Kier alpha value is -2.34. The summed E-state index contributed by atoms with van der Waals surface area (Å²) in [6.07, 6.45) is 0. The highest BCUT2D eigenvalue weighted by Crippen LogP contribution is 2.31. The van der Waals surface area contributed by atoms with E-state index in [0.29, 0.717) is 11.3 Å². The average molecular weight is 330 g/mol. The summed E-state index contributed by atoms with van der Waals surface area (Å²) in [6, 6.07) is 14.0. The molecule has 2 aromatic rings. The molecule has 6 heteroatoms. The Morgan fingerprint density at radius 3 is 2.57 bits per heavy atom. The molecule has 0 atom stereocenters. The van der Waals surface area contributed by atoms with Gasteiger partial charge < -0.3 is 9.80 Å². The minimum atomic E-state index is -3.31. The molecule has 0 N–H and O–H groups in total. The van der Waals surface area contributed by atoms with Crippen LogP contribution in [0.3, 0.4) is 0 Å². The zero-order chi connectivity index (χ0) is 16.6. The van der Waals surface area contributed by atoms with E-state index in [2.05, 4.69) is 0 Å². The number of para-hydroxylation sites is 1. The van der Waals surface area contributed by atoms with E-state index in [9.17, 15) is 13.2 Å². The van der Waals surface area contributed by atoms with E-state index in [1.807, 2.05) is 37.2 Å². The van der Waals surface area contributed by atoms with Crippen molar-refractivity contribution in [3.05, 3.63) is 54.1 Å². The Morgan fingerprint density at radius 2 is 1.83 bits per heavy atom. The number of carbonyl (C=O) groups excluding carboxylic acids is 1. The number of benzene rings is 2. The molecule has 0 saturated carbocycles. The van der Waals surface area contributed by atoms with Gasteiger partial charge in [0.2, 0.25) is 0 Å². The zero-order valence-corrected chi connectivity index (χ0v) is 13.9. The fourth-order valence-corrected chi connectivity index (χ4v) is 4.09. The minimum absolute atomic E-state index is 0.0525. The third-order valence-electron chi connectivity index (χ3n) is 3.93. The summed E-state index contributed by atoms with van der Waals surface area (Å²) in [6.45, 7) is 0.171. The SMILES string of the molecule is CN(C)c1cccc(C(=O)N2CCS(=O)(=O)c3ccccc32)c1.